The molecule has 5 amide bonds. The predicted octanol–water partition coefficient (Wildman–Crippen LogP) is 0.706. The Hall–Kier alpha value is -4.54. The topological polar surface area (TPSA) is 212 Å². The van der Waals surface area contributed by atoms with Gasteiger partial charge in [-0.1, -0.05) is 10.3 Å². The molecular weight excluding hydrogens is 598 g/mol. The molecule has 2 aliphatic heterocycles. The molecule has 2 aliphatic rings. The largest absolute Gasteiger partial charge is 0.479 e. The van der Waals surface area contributed by atoms with Gasteiger partial charge in [0.1, 0.15) is 19.3 Å². The lowest BCUT2D eigenvalue weighted by Crippen LogP contribution is -2.38. The fourth-order valence-electron chi connectivity index (χ4n) is 3.48. The standard InChI is InChI=1S/C14H21N3O6.C14H22N2O6/c1-3-22-10(2)16-23-9-11(18)8-15-12(19)6-7-17-13(20)4-5-14(17)21;1-3-20-11(2)15-21-10-6-4-5-7-14(19)22-16-12(17)8-9-13(16)18/h4-5,11,18H,3,6-9H2,1-2H3,(H,15,19);3-10H2,1-2H3/b16-10-;15-11-. The van der Waals surface area contributed by atoms with Crippen LogP contribution in [0.15, 0.2) is 22.5 Å². The Morgan fingerprint density at radius 2 is 1.47 bits per heavy atom. The van der Waals surface area contributed by atoms with Crippen molar-refractivity contribution in [3.8, 4) is 0 Å². The second kappa shape index (κ2) is 22.0. The molecule has 0 radical (unpaired) electrons. The molecule has 45 heavy (non-hydrogen) atoms. The highest BCUT2D eigenvalue weighted by atomic mass is 16.7. The van der Waals surface area contributed by atoms with Crippen molar-refractivity contribution in [3.05, 3.63) is 12.2 Å². The fourth-order valence-corrected chi connectivity index (χ4v) is 3.48. The average molecular weight is 642 g/mol. The number of unbranched alkanes of at least 4 members (excludes halogenated alkanes) is 2. The van der Waals surface area contributed by atoms with Gasteiger partial charge in [-0.15, -0.1) is 5.06 Å². The summed E-state index contributed by atoms with van der Waals surface area (Å²) in [5.41, 5.74) is 0. The molecule has 0 bridgehead atoms. The zero-order valence-corrected chi connectivity index (χ0v) is 26.2. The van der Waals surface area contributed by atoms with Gasteiger partial charge in [0.15, 0.2) is 0 Å². The van der Waals surface area contributed by atoms with E-state index in [4.69, 9.17) is 24.0 Å². The smallest absolute Gasteiger partial charge is 0.333 e. The fraction of sp³-hybridized carbons (Fsp3) is 0.643. The molecule has 2 rings (SSSR count). The van der Waals surface area contributed by atoms with Crippen LogP contribution >= 0.6 is 0 Å². The number of rotatable bonds is 18. The lowest BCUT2D eigenvalue weighted by Gasteiger charge is -2.14. The lowest BCUT2D eigenvalue weighted by atomic mass is 10.2. The summed E-state index contributed by atoms with van der Waals surface area (Å²) in [6.45, 7) is 8.32. The Kier molecular flexibility index (Phi) is 18.9. The molecule has 0 saturated carbocycles. The number of imide groups is 2. The first-order valence-electron chi connectivity index (χ1n) is 14.6. The zero-order chi connectivity index (χ0) is 33.6. The van der Waals surface area contributed by atoms with Gasteiger partial charge in [0, 0.05) is 64.8 Å². The maximum Gasteiger partial charge on any atom is 0.333 e. The van der Waals surface area contributed by atoms with Gasteiger partial charge in [-0.3, -0.25) is 28.9 Å². The van der Waals surface area contributed by atoms with E-state index in [0.717, 1.165) is 29.9 Å². The molecule has 0 aromatic carbocycles. The molecule has 252 valence electrons. The van der Waals surface area contributed by atoms with Crippen molar-refractivity contribution in [2.75, 3.05) is 39.5 Å². The maximum absolute atomic E-state index is 11.6. The van der Waals surface area contributed by atoms with Crippen LogP contribution in [0.25, 0.3) is 0 Å². The van der Waals surface area contributed by atoms with Crippen LogP contribution in [-0.2, 0) is 52.8 Å². The molecule has 17 nitrogen and oxygen atoms in total. The number of aliphatic hydroxyl groups is 1. The van der Waals surface area contributed by atoms with Gasteiger partial charge < -0.3 is 34.4 Å². The monoisotopic (exact) mass is 641 g/mol. The van der Waals surface area contributed by atoms with Crippen LogP contribution < -0.4 is 5.32 Å². The van der Waals surface area contributed by atoms with E-state index in [1.54, 1.807) is 13.8 Å². The number of hydrogen-bond donors (Lipinski definition) is 2. The Balaban J connectivity index is 0.000000450. The number of nitrogens with zero attached hydrogens (tertiary/aromatic N) is 4. The molecule has 1 unspecified atom stereocenters. The summed E-state index contributed by atoms with van der Waals surface area (Å²) >= 11 is 0. The van der Waals surface area contributed by atoms with Gasteiger partial charge in [-0.05, 0) is 33.1 Å². The summed E-state index contributed by atoms with van der Waals surface area (Å²) in [6, 6.07) is 0. The lowest BCUT2D eigenvalue weighted by molar-refractivity contribution is -0.197. The molecule has 1 fully saturated rings. The van der Waals surface area contributed by atoms with E-state index in [9.17, 15) is 33.9 Å². The van der Waals surface area contributed by atoms with E-state index >= 15 is 0 Å². The Morgan fingerprint density at radius 3 is 2.04 bits per heavy atom. The van der Waals surface area contributed by atoms with Crippen LogP contribution in [0, 0.1) is 0 Å². The van der Waals surface area contributed by atoms with Crippen molar-refractivity contribution in [3.63, 3.8) is 0 Å². The Morgan fingerprint density at radius 1 is 0.889 bits per heavy atom. The minimum atomic E-state index is -0.936. The second-order valence-corrected chi connectivity index (χ2v) is 9.44. The first-order valence-corrected chi connectivity index (χ1v) is 14.6. The Labute approximate surface area is 261 Å². The third kappa shape index (κ3) is 16.8. The summed E-state index contributed by atoms with van der Waals surface area (Å²) in [5, 5.41) is 20.0. The number of amides is 5. The summed E-state index contributed by atoms with van der Waals surface area (Å²) in [6.07, 6.45) is 3.78. The van der Waals surface area contributed by atoms with Gasteiger partial charge >= 0.3 is 5.97 Å². The number of hydrogen-bond acceptors (Lipinski definition) is 14. The van der Waals surface area contributed by atoms with E-state index in [2.05, 4.69) is 15.6 Å². The molecule has 0 aromatic rings. The van der Waals surface area contributed by atoms with E-state index in [1.165, 1.54) is 0 Å². The molecule has 0 spiro atoms. The van der Waals surface area contributed by atoms with Crippen LogP contribution in [0.4, 0.5) is 0 Å². The first-order chi connectivity index (χ1) is 21.5. The number of aliphatic hydroxyl groups excluding tert-OH is 1. The molecule has 0 aromatic heterocycles. The van der Waals surface area contributed by atoms with Crippen molar-refractivity contribution in [2.45, 2.75) is 78.7 Å². The van der Waals surface area contributed by atoms with Crippen molar-refractivity contribution in [2.24, 2.45) is 10.3 Å². The number of ether oxygens (including phenoxy) is 2. The molecule has 1 atom stereocenters. The van der Waals surface area contributed by atoms with Gasteiger partial charge in [0.05, 0.1) is 13.2 Å². The van der Waals surface area contributed by atoms with Crippen LogP contribution in [0.5, 0.6) is 0 Å². The van der Waals surface area contributed by atoms with E-state index in [0.29, 0.717) is 43.1 Å². The Bertz CT molecular complexity index is 1070. The summed E-state index contributed by atoms with van der Waals surface area (Å²) in [5.74, 6) is -1.93. The van der Waals surface area contributed by atoms with Crippen LogP contribution in [0.2, 0.25) is 0 Å². The third-order valence-corrected chi connectivity index (χ3v) is 5.67. The number of carbonyl (C=O) groups excluding carboxylic acids is 6. The van der Waals surface area contributed by atoms with E-state index in [-0.39, 0.29) is 51.3 Å². The highest BCUT2D eigenvalue weighted by molar-refractivity contribution is 6.13. The molecule has 2 N–H and O–H groups in total. The molecule has 17 heteroatoms. The summed E-state index contributed by atoms with van der Waals surface area (Å²) < 4.78 is 10.1. The van der Waals surface area contributed by atoms with Gasteiger partial charge in [0.25, 0.3) is 23.6 Å². The van der Waals surface area contributed by atoms with Crippen LogP contribution in [-0.4, -0.2) is 108 Å². The second-order valence-electron chi connectivity index (χ2n) is 9.44. The van der Waals surface area contributed by atoms with Crippen molar-refractivity contribution in [1.29, 1.82) is 0 Å². The molecule has 2 heterocycles. The highest BCUT2D eigenvalue weighted by Crippen LogP contribution is 2.13. The van der Waals surface area contributed by atoms with Crippen molar-refractivity contribution in [1.82, 2.24) is 15.3 Å². The number of hydroxylamine groups is 2. The summed E-state index contributed by atoms with van der Waals surface area (Å²) in [4.78, 5) is 83.8. The highest BCUT2D eigenvalue weighted by Gasteiger charge is 2.32. The van der Waals surface area contributed by atoms with Gasteiger partial charge in [-0.25, -0.2) is 4.79 Å². The quantitative estimate of drug-likeness (QED) is 0.0696. The normalized spacial score (nSPS) is 15.5. The maximum atomic E-state index is 11.6. The van der Waals surface area contributed by atoms with E-state index in [1.807, 2.05) is 13.8 Å². The van der Waals surface area contributed by atoms with Crippen LogP contribution in [0.1, 0.15) is 72.6 Å². The SMILES string of the molecule is CCO/C(C)=N\OCC(O)CNC(=O)CCN1C(=O)C=CC1=O.CCO/C(C)=N\OCCCCCC(=O)ON1C(=O)CCC1=O. The number of nitrogens with one attached hydrogen (secondary N) is 1. The van der Waals surface area contributed by atoms with Crippen LogP contribution in [0.3, 0.4) is 0 Å². The summed E-state index contributed by atoms with van der Waals surface area (Å²) in [7, 11) is 0. The predicted molar refractivity (Wildman–Crippen MR) is 157 cm³/mol. The molecule has 0 aliphatic carbocycles. The van der Waals surface area contributed by atoms with Crippen molar-refractivity contribution < 1.29 is 57.9 Å². The zero-order valence-electron chi connectivity index (χ0n) is 26.2. The number of carbonyl (C=O) groups is 6. The molecular formula is C28H43N5O12. The first kappa shape index (κ1) is 38.5. The minimum Gasteiger partial charge on any atom is -0.479 e. The number of oxime groups is 2. The van der Waals surface area contributed by atoms with Crippen molar-refractivity contribution >= 4 is 47.3 Å². The van der Waals surface area contributed by atoms with Gasteiger partial charge in [-0.2, -0.15) is 0 Å². The molecule has 1 saturated heterocycles. The third-order valence-electron chi connectivity index (χ3n) is 5.67. The van der Waals surface area contributed by atoms with E-state index < -0.39 is 35.7 Å². The van der Waals surface area contributed by atoms with Gasteiger partial charge in [0.2, 0.25) is 17.7 Å². The minimum absolute atomic E-state index is 0.000932. The average Bonchev–Trinajstić information content (AvgIpc) is 3.49.